The molecule has 3 amide bonds. The first-order valence-electron chi connectivity index (χ1n) is 8.65. The van der Waals surface area contributed by atoms with Crippen LogP contribution in [-0.2, 0) is 11.2 Å². The Hall–Kier alpha value is -2.04. The van der Waals surface area contributed by atoms with Crippen LogP contribution in [0.4, 0.5) is 4.79 Å². The zero-order chi connectivity index (χ0) is 15.8. The van der Waals surface area contributed by atoms with Gasteiger partial charge in [-0.25, -0.2) is 4.79 Å². The highest BCUT2D eigenvalue weighted by atomic mass is 16.2. The van der Waals surface area contributed by atoms with E-state index in [1.54, 1.807) is 0 Å². The Bertz CT molecular complexity index is 622. The zero-order valence-corrected chi connectivity index (χ0v) is 13.3. The second-order valence-corrected chi connectivity index (χ2v) is 6.89. The van der Waals surface area contributed by atoms with Gasteiger partial charge in [0.15, 0.2) is 0 Å². The minimum atomic E-state index is -0.219. The van der Waals surface area contributed by atoms with Crippen LogP contribution in [0.5, 0.6) is 0 Å². The van der Waals surface area contributed by atoms with Crippen molar-refractivity contribution in [1.82, 2.24) is 15.5 Å². The molecule has 0 radical (unpaired) electrons. The maximum Gasteiger partial charge on any atom is 0.315 e. The van der Waals surface area contributed by atoms with Crippen molar-refractivity contribution in [3.05, 3.63) is 35.4 Å². The number of nitrogens with zero attached hydrogens (tertiary/aromatic N) is 1. The number of hydrogen-bond donors (Lipinski definition) is 2. The molecule has 2 N–H and O–H groups in total. The van der Waals surface area contributed by atoms with Gasteiger partial charge in [0.05, 0.1) is 12.6 Å². The number of aryl methyl sites for hydroxylation is 1. The molecule has 0 unspecified atom stereocenters. The van der Waals surface area contributed by atoms with E-state index in [9.17, 15) is 9.59 Å². The smallest absolute Gasteiger partial charge is 0.315 e. The molecule has 1 atom stereocenters. The van der Waals surface area contributed by atoms with Gasteiger partial charge in [0, 0.05) is 12.1 Å². The van der Waals surface area contributed by atoms with Crippen molar-refractivity contribution in [1.29, 1.82) is 0 Å². The average Bonchev–Trinajstić information content (AvgIpc) is 3.47. The van der Waals surface area contributed by atoms with Crippen LogP contribution in [0.3, 0.4) is 0 Å². The molecular formula is C18H23N3O2. The molecule has 1 aromatic carbocycles. The van der Waals surface area contributed by atoms with Crippen molar-refractivity contribution in [3.8, 4) is 0 Å². The van der Waals surface area contributed by atoms with E-state index in [-0.39, 0.29) is 24.5 Å². The highest BCUT2D eigenvalue weighted by Crippen LogP contribution is 2.41. The van der Waals surface area contributed by atoms with E-state index in [4.69, 9.17) is 0 Å². The molecule has 23 heavy (non-hydrogen) atoms. The maximum atomic E-state index is 12.7. The monoisotopic (exact) mass is 313 g/mol. The molecule has 1 aromatic rings. The van der Waals surface area contributed by atoms with Gasteiger partial charge in [-0.05, 0) is 49.7 Å². The van der Waals surface area contributed by atoms with Crippen LogP contribution in [0, 0.1) is 0 Å². The molecule has 0 heterocycles. The predicted molar refractivity (Wildman–Crippen MR) is 86.9 cm³/mol. The van der Waals surface area contributed by atoms with Gasteiger partial charge in [0.1, 0.15) is 0 Å². The van der Waals surface area contributed by atoms with Crippen molar-refractivity contribution in [2.24, 2.45) is 0 Å². The van der Waals surface area contributed by atoms with Crippen molar-refractivity contribution < 1.29 is 9.59 Å². The van der Waals surface area contributed by atoms with Gasteiger partial charge in [-0.3, -0.25) is 4.79 Å². The van der Waals surface area contributed by atoms with Crippen LogP contribution in [0.2, 0.25) is 0 Å². The second-order valence-electron chi connectivity index (χ2n) is 6.89. The van der Waals surface area contributed by atoms with Crippen LogP contribution in [-0.4, -0.2) is 35.5 Å². The molecule has 122 valence electrons. The largest absolute Gasteiger partial charge is 0.335 e. The van der Waals surface area contributed by atoms with Crippen LogP contribution in [0.15, 0.2) is 24.3 Å². The van der Waals surface area contributed by atoms with Gasteiger partial charge < -0.3 is 15.5 Å². The molecule has 0 spiro atoms. The summed E-state index contributed by atoms with van der Waals surface area (Å²) in [5, 5.41) is 5.58. The molecule has 3 aliphatic carbocycles. The molecule has 2 fully saturated rings. The lowest BCUT2D eigenvalue weighted by Crippen LogP contribution is -2.45. The number of fused-ring (bicyclic) bond motifs is 1. The summed E-state index contributed by atoms with van der Waals surface area (Å²) in [5.41, 5.74) is 2.64. The summed E-state index contributed by atoms with van der Waals surface area (Å²) >= 11 is 0. The molecule has 0 aliphatic heterocycles. The molecule has 2 saturated carbocycles. The molecule has 5 nitrogen and oxygen atoms in total. The number of nitrogens with one attached hydrogen (secondary N) is 2. The van der Waals surface area contributed by atoms with Gasteiger partial charge in [0.2, 0.25) is 5.91 Å². The lowest BCUT2D eigenvalue weighted by atomic mass is 10.1. The highest BCUT2D eigenvalue weighted by molar-refractivity contribution is 5.85. The number of carbonyl (C=O) groups is 2. The third-order valence-electron chi connectivity index (χ3n) is 4.98. The number of amides is 3. The number of benzene rings is 1. The van der Waals surface area contributed by atoms with Gasteiger partial charge in [-0.2, -0.15) is 0 Å². The Labute approximate surface area is 136 Å². The quantitative estimate of drug-likeness (QED) is 0.875. The first kappa shape index (κ1) is 14.5. The maximum absolute atomic E-state index is 12.7. The van der Waals surface area contributed by atoms with Crippen molar-refractivity contribution in [3.63, 3.8) is 0 Å². The molecule has 5 heteroatoms. The fourth-order valence-electron chi connectivity index (χ4n) is 3.52. The van der Waals surface area contributed by atoms with E-state index in [0.717, 1.165) is 38.5 Å². The summed E-state index contributed by atoms with van der Waals surface area (Å²) in [6, 6.07) is 9.04. The van der Waals surface area contributed by atoms with E-state index in [1.807, 2.05) is 11.0 Å². The first-order chi connectivity index (χ1) is 11.2. The molecule has 0 aromatic heterocycles. The van der Waals surface area contributed by atoms with E-state index >= 15 is 0 Å². The summed E-state index contributed by atoms with van der Waals surface area (Å²) in [4.78, 5) is 26.5. The van der Waals surface area contributed by atoms with Gasteiger partial charge >= 0.3 is 6.03 Å². The highest BCUT2D eigenvalue weighted by Gasteiger charge is 2.40. The summed E-state index contributed by atoms with van der Waals surface area (Å²) in [7, 11) is 0. The van der Waals surface area contributed by atoms with Gasteiger partial charge in [-0.15, -0.1) is 0 Å². The number of carbonyl (C=O) groups excluding carboxylic acids is 2. The molecule has 3 aliphatic rings. The number of rotatable bonds is 5. The van der Waals surface area contributed by atoms with Gasteiger partial charge in [0.25, 0.3) is 0 Å². The lowest BCUT2D eigenvalue weighted by Gasteiger charge is -2.30. The zero-order valence-electron chi connectivity index (χ0n) is 13.3. The standard InChI is InChI=1S/C18H23N3O2/c22-17(11-19-18(23)20-13-6-7-13)21(14-8-9-14)16-10-5-12-3-1-2-4-15(12)16/h1-4,13-14,16H,5-11H2,(H2,19,20,23)/t16-/m0/s1. The topological polar surface area (TPSA) is 61.4 Å². The first-order valence-corrected chi connectivity index (χ1v) is 8.65. The molecule has 0 saturated heterocycles. The third kappa shape index (κ3) is 3.19. The van der Waals surface area contributed by atoms with E-state index in [0.29, 0.717) is 12.1 Å². The summed E-state index contributed by atoms with van der Waals surface area (Å²) in [6.07, 6.45) is 6.29. The molecular weight excluding hydrogens is 290 g/mol. The lowest BCUT2D eigenvalue weighted by molar-refractivity contribution is -0.133. The number of urea groups is 1. The minimum absolute atomic E-state index is 0.0418. The summed E-state index contributed by atoms with van der Waals surface area (Å²) < 4.78 is 0. The predicted octanol–water partition coefficient (Wildman–Crippen LogP) is 2.13. The Morgan fingerprint density at radius 1 is 1.09 bits per heavy atom. The van der Waals surface area contributed by atoms with E-state index in [1.165, 1.54) is 11.1 Å². The van der Waals surface area contributed by atoms with E-state index in [2.05, 4.69) is 28.8 Å². The SMILES string of the molecule is O=C(NCC(=O)N(C1CC1)[C@H]1CCc2ccccc21)NC1CC1. The Kier molecular flexibility index (Phi) is 3.71. The molecule has 0 bridgehead atoms. The van der Waals surface area contributed by atoms with Crippen molar-refractivity contribution in [2.45, 2.75) is 56.7 Å². The van der Waals surface area contributed by atoms with Crippen LogP contribution in [0.25, 0.3) is 0 Å². The average molecular weight is 313 g/mol. The van der Waals surface area contributed by atoms with Crippen molar-refractivity contribution in [2.75, 3.05) is 6.54 Å². The minimum Gasteiger partial charge on any atom is -0.335 e. The second kappa shape index (κ2) is 5.87. The normalized spacial score (nSPS) is 22.3. The van der Waals surface area contributed by atoms with Gasteiger partial charge in [-0.1, -0.05) is 24.3 Å². The van der Waals surface area contributed by atoms with Crippen LogP contribution in [0.1, 0.15) is 49.3 Å². The summed E-state index contributed by atoms with van der Waals surface area (Å²) in [5.74, 6) is 0.0418. The fraction of sp³-hybridized carbons (Fsp3) is 0.556. The third-order valence-corrected chi connectivity index (χ3v) is 4.98. The fourth-order valence-corrected chi connectivity index (χ4v) is 3.52. The van der Waals surface area contributed by atoms with Crippen LogP contribution < -0.4 is 10.6 Å². The van der Waals surface area contributed by atoms with Crippen molar-refractivity contribution >= 4 is 11.9 Å². The van der Waals surface area contributed by atoms with E-state index < -0.39 is 0 Å². The Morgan fingerprint density at radius 3 is 2.61 bits per heavy atom. The Balaban J connectivity index is 1.41. The molecule has 4 rings (SSSR count). The Morgan fingerprint density at radius 2 is 1.87 bits per heavy atom. The van der Waals surface area contributed by atoms with Crippen LogP contribution >= 0.6 is 0 Å². The number of hydrogen-bond acceptors (Lipinski definition) is 2. The summed E-state index contributed by atoms with van der Waals surface area (Å²) in [6.45, 7) is 0.0910.